The number of alkyl halides is 3. The van der Waals surface area contributed by atoms with Crippen molar-refractivity contribution in [2.75, 3.05) is 25.0 Å². The number of hydrogen-bond acceptors (Lipinski definition) is 5. The number of aliphatic hydroxyl groups excluding tert-OH is 1. The van der Waals surface area contributed by atoms with Gasteiger partial charge >= 0.3 is 6.18 Å². The maximum Gasteiger partial charge on any atom is 0.416 e. The van der Waals surface area contributed by atoms with Gasteiger partial charge < -0.3 is 10.4 Å². The highest BCUT2D eigenvalue weighted by atomic mass is 19.4. The zero-order chi connectivity index (χ0) is 25.8. The summed E-state index contributed by atoms with van der Waals surface area (Å²) in [7, 11) is 0. The first-order valence-corrected chi connectivity index (χ1v) is 11.7. The fourth-order valence-corrected chi connectivity index (χ4v) is 4.87. The van der Waals surface area contributed by atoms with Crippen LogP contribution in [0.2, 0.25) is 0 Å². The van der Waals surface area contributed by atoms with Crippen molar-refractivity contribution in [3.05, 3.63) is 105 Å². The summed E-state index contributed by atoms with van der Waals surface area (Å²) in [6, 6.07) is 20.0. The number of nitro groups is 1. The van der Waals surface area contributed by atoms with Crippen LogP contribution in [0.3, 0.4) is 0 Å². The van der Waals surface area contributed by atoms with Gasteiger partial charge in [-0.05, 0) is 54.8 Å². The average molecular weight is 500 g/mol. The first-order valence-electron chi connectivity index (χ1n) is 11.7. The molecule has 1 aliphatic rings. The Kier molecular flexibility index (Phi) is 7.61. The molecule has 1 saturated heterocycles. The monoisotopic (exact) mass is 499 g/mol. The summed E-state index contributed by atoms with van der Waals surface area (Å²) in [5, 5.41) is 24.1. The minimum Gasteiger partial charge on any atom is -0.391 e. The molecule has 190 valence electrons. The highest BCUT2D eigenvalue weighted by Crippen LogP contribution is 2.37. The van der Waals surface area contributed by atoms with Crippen molar-refractivity contribution >= 4 is 11.4 Å². The average Bonchev–Trinajstić information content (AvgIpc) is 3.25. The van der Waals surface area contributed by atoms with Crippen molar-refractivity contribution in [1.82, 2.24) is 4.90 Å². The predicted molar refractivity (Wildman–Crippen MR) is 131 cm³/mol. The molecule has 9 heteroatoms. The standard InChI is InChI=1S/C27H28F3N3O3/c28-27(29,30)23-9-6-20(7-10-23)15-26(12-13-32(19-26)16-21-4-2-1-3-5-21)18-31-24-11-8-22(17-34)25(14-24)33(35)36/h1-11,14,31,34H,12-13,15-19H2. The Bertz CT molecular complexity index is 1190. The van der Waals surface area contributed by atoms with E-state index in [2.05, 4.69) is 22.3 Å². The molecule has 1 atom stereocenters. The Morgan fingerprint density at radius 3 is 2.39 bits per heavy atom. The molecule has 1 heterocycles. The van der Waals surface area contributed by atoms with Crippen LogP contribution in [-0.4, -0.2) is 34.6 Å². The van der Waals surface area contributed by atoms with Crippen LogP contribution in [0.15, 0.2) is 72.8 Å². The Labute approximate surface area is 207 Å². The lowest BCUT2D eigenvalue weighted by molar-refractivity contribution is -0.385. The molecule has 3 aromatic carbocycles. The molecular formula is C27H28F3N3O3. The Morgan fingerprint density at radius 1 is 1.03 bits per heavy atom. The van der Waals surface area contributed by atoms with Crippen molar-refractivity contribution in [3.8, 4) is 0 Å². The smallest absolute Gasteiger partial charge is 0.391 e. The van der Waals surface area contributed by atoms with E-state index in [-0.39, 0.29) is 16.7 Å². The van der Waals surface area contributed by atoms with Gasteiger partial charge in [-0.1, -0.05) is 42.5 Å². The topological polar surface area (TPSA) is 78.6 Å². The van der Waals surface area contributed by atoms with Gasteiger partial charge in [0.1, 0.15) is 0 Å². The van der Waals surface area contributed by atoms with Gasteiger partial charge in [-0.15, -0.1) is 0 Å². The van der Waals surface area contributed by atoms with Gasteiger partial charge in [0.2, 0.25) is 0 Å². The number of nitrogens with one attached hydrogen (secondary N) is 1. The van der Waals surface area contributed by atoms with E-state index in [4.69, 9.17) is 0 Å². The first kappa shape index (κ1) is 25.7. The summed E-state index contributed by atoms with van der Waals surface area (Å²) in [4.78, 5) is 13.2. The van der Waals surface area contributed by atoms with E-state index in [1.54, 1.807) is 6.07 Å². The normalized spacial score (nSPS) is 18.3. The van der Waals surface area contributed by atoms with Gasteiger partial charge in [0.15, 0.2) is 0 Å². The molecule has 0 amide bonds. The van der Waals surface area contributed by atoms with E-state index in [0.29, 0.717) is 18.7 Å². The molecule has 0 radical (unpaired) electrons. The van der Waals surface area contributed by atoms with Crippen molar-refractivity contribution in [2.45, 2.75) is 32.2 Å². The van der Waals surface area contributed by atoms with Crippen molar-refractivity contribution in [1.29, 1.82) is 0 Å². The number of hydrogen-bond donors (Lipinski definition) is 2. The molecule has 6 nitrogen and oxygen atoms in total. The number of aliphatic hydroxyl groups is 1. The molecule has 1 fully saturated rings. The molecule has 1 aliphatic heterocycles. The van der Waals surface area contributed by atoms with Gasteiger partial charge in [0.05, 0.1) is 22.7 Å². The highest BCUT2D eigenvalue weighted by molar-refractivity contribution is 5.55. The number of nitro benzene ring substituents is 1. The Hall–Kier alpha value is -3.43. The lowest BCUT2D eigenvalue weighted by Crippen LogP contribution is -2.35. The molecule has 0 spiro atoms. The quantitative estimate of drug-likeness (QED) is 0.294. The molecule has 0 saturated carbocycles. The Morgan fingerprint density at radius 2 is 1.75 bits per heavy atom. The van der Waals surface area contributed by atoms with Crippen molar-refractivity contribution < 1.29 is 23.2 Å². The SMILES string of the molecule is O=[N+]([O-])c1cc(NCC2(Cc3ccc(C(F)(F)F)cc3)CCN(Cc3ccccc3)C2)ccc1CO. The van der Waals surface area contributed by atoms with Crippen LogP contribution >= 0.6 is 0 Å². The van der Waals surface area contributed by atoms with Gasteiger partial charge in [-0.3, -0.25) is 15.0 Å². The second kappa shape index (κ2) is 10.7. The minimum absolute atomic E-state index is 0.156. The third-order valence-electron chi connectivity index (χ3n) is 6.75. The van der Waals surface area contributed by atoms with Crippen LogP contribution < -0.4 is 5.32 Å². The van der Waals surface area contributed by atoms with E-state index in [1.165, 1.54) is 29.8 Å². The summed E-state index contributed by atoms with van der Waals surface area (Å²) in [6.45, 7) is 2.40. The lowest BCUT2D eigenvalue weighted by atomic mass is 9.80. The zero-order valence-corrected chi connectivity index (χ0v) is 19.7. The van der Waals surface area contributed by atoms with Crippen LogP contribution in [0, 0.1) is 15.5 Å². The van der Waals surface area contributed by atoms with Crippen LogP contribution in [0.4, 0.5) is 24.5 Å². The molecule has 2 N–H and O–H groups in total. The zero-order valence-electron chi connectivity index (χ0n) is 19.7. The third kappa shape index (κ3) is 6.22. The first-order chi connectivity index (χ1) is 17.2. The van der Waals surface area contributed by atoms with Gasteiger partial charge in [-0.2, -0.15) is 13.2 Å². The van der Waals surface area contributed by atoms with Crippen molar-refractivity contribution in [2.24, 2.45) is 5.41 Å². The number of likely N-dealkylation sites (tertiary alicyclic amines) is 1. The second-order valence-corrected chi connectivity index (χ2v) is 9.43. The van der Waals surface area contributed by atoms with E-state index in [9.17, 15) is 28.4 Å². The maximum atomic E-state index is 13.0. The van der Waals surface area contributed by atoms with Crippen molar-refractivity contribution in [3.63, 3.8) is 0 Å². The summed E-state index contributed by atoms with van der Waals surface area (Å²) in [5.74, 6) is 0. The predicted octanol–water partition coefficient (Wildman–Crippen LogP) is 5.65. The molecule has 0 aromatic heterocycles. The molecule has 3 aromatic rings. The molecule has 1 unspecified atom stereocenters. The molecular weight excluding hydrogens is 471 g/mol. The summed E-state index contributed by atoms with van der Waals surface area (Å²) < 4.78 is 39.1. The maximum absolute atomic E-state index is 13.0. The molecule has 0 bridgehead atoms. The van der Waals surface area contributed by atoms with Crippen LogP contribution in [0.1, 0.15) is 28.7 Å². The minimum atomic E-state index is -4.38. The number of halogens is 3. The van der Waals surface area contributed by atoms with Crippen LogP contribution in [0.25, 0.3) is 0 Å². The fourth-order valence-electron chi connectivity index (χ4n) is 4.87. The van der Waals surface area contributed by atoms with Crippen LogP contribution in [-0.2, 0) is 25.7 Å². The number of rotatable bonds is 9. The summed E-state index contributed by atoms with van der Waals surface area (Å²) >= 11 is 0. The number of benzene rings is 3. The molecule has 4 rings (SSSR count). The van der Waals surface area contributed by atoms with Gasteiger partial charge in [0.25, 0.3) is 5.69 Å². The highest BCUT2D eigenvalue weighted by Gasteiger charge is 2.38. The number of anilines is 1. The fraction of sp³-hybridized carbons (Fsp3) is 0.333. The number of nitrogens with zero attached hydrogens (tertiary/aromatic N) is 2. The van der Waals surface area contributed by atoms with Gasteiger partial charge in [-0.25, -0.2) is 0 Å². The van der Waals surface area contributed by atoms with E-state index >= 15 is 0 Å². The van der Waals surface area contributed by atoms with E-state index < -0.39 is 23.3 Å². The van der Waals surface area contributed by atoms with Gasteiger partial charge in [0, 0.05) is 36.8 Å². The lowest BCUT2D eigenvalue weighted by Gasteiger charge is -2.31. The summed E-state index contributed by atoms with van der Waals surface area (Å²) in [5.41, 5.74) is 1.69. The summed E-state index contributed by atoms with van der Waals surface area (Å²) in [6.07, 6.45) is -2.99. The largest absolute Gasteiger partial charge is 0.416 e. The van der Waals surface area contributed by atoms with E-state index in [0.717, 1.165) is 43.8 Å². The van der Waals surface area contributed by atoms with E-state index in [1.807, 2.05) is 18.2 Å². The third-order valence-corrected chi connectivity index (χ3v) is 6.75. The Balaban J connectivity index is 1.54. The molecule has 0 aliphatic carbocycles. The molecule has 36 heavy (non-hydrogen) atoms. The van der Waals surface area contributed by atoms with Crippen LogP contribution in [0.5, 0.6) is 0 Å². The second-order valence-electron chi connectivity index (χ2n) is 9.43.